The van der Waals surface area contributed by atoms with Crippen LogP contribution < -0.4 is 5.73 Å². The molecule has 0 radical (unpaired) electrons. The van der Waals surface area contributed by atoms with E-state index in [1.807, 2.05) is 55.6 Å². The first-order valence-corrected chi connectivity index (χ1v) is 7.67. The molecule has 0 aliphatic heterocycles. The number of hydrogen-bond donors (Lipinski definition) is 1. The predicted octanol–water partition coefficient (Wildman–Crippen LogP) is 3.62. The number of rotatable bonds is 5. The standard InChI is InChI=1S/C17H19BrN2O/c1-20(12-14-5-2-6-15(18)10-14)17(21)9-8-13-4-3-7-16(19)11-13/h2-7,10-11H,8-9,12,19H2,1H3. The number of anilines is 1. The first-order valence-electron chi connectivity index (χ1n) is 6.87. The number of amides is 1. The molecule has 0 aliphatic carbocycles. The number of carbonyl (C=O) groups excluding carboxylic acids is 1. The van der Waals surface area contributed by atoms with Crippen LogP contribution in [0.25, 0.3) is 0 Å². The minimum Gasteiger partial charge on any atom is -0.399 e. The van der Waals surface area contributed by atoms with Gasteiger partial charge in [-0.2, -0.15) is 0 Å². The van der Waals surface area contributed by atoms with Gasteiger partial charge in [0.05, 0.1) is 0 Å². The van der Waals surface area contributed by atoms with E-state index >= 15 is 0 Å². The Kier molecular flexibility index (Phi) is 5.39. The number of aryl methyl sites for hydroxylation is 1. The van der Waals surface area contributed by atoms with Crippen molar-refractivity contribution >= 4 is 27.5 Å². The van der Waals surface area contributed by atoms with Crippen LogP contribution in [-0.4, -0.2) is 17.9 Å². The van der Waals surface area contributed by atoms with E-state index in [4.69, 9.17) is 5.73 Å². The molecule has 4 heteroatoms. The lowest BCUT2D eigenvalue weighted by Crippen LogP contribution is -2.26. The van der Waals surface area contributed by atoms with Gasteiger partial charge in [0.2, 0.25) is 5.91 Å². The van der Waals surface area contributed by atoms with Crippen molar-refractivity contribution < 1.29 is 4.79 Å². The van der Waals surface area contributed by atoms with Gasteiger partial charge in [0.25, 0.3) is 0 Å². The van der Waals surface area contributed by atoms with Gasteiger partial charge in [0.15, 0.2) is 0 Å². The molecule has 0 unspecified atom stereocenters. The fraction of sp³-hybridized carbons (Fsp3) is 0.235. The third-order valence-electron chi connectivity index (χ3n) is 3.31. The first-order chi connectivity index (χ1) is 10.0. The molecule has 0 atom stereocenters. The van der Waals surface area contributed by atoms with Crippen LogP contribution in [0.2, 0.25) is 0 Å². The van der Waals surface area contributed by atoms with Gasteiger partial charge in [0, 0.05) is 30.2 Å². The number of halogens is 1. The molecule has 2 aromatic carbocycles. The van der Waals surface area contributed by atoms with E-state index < -0.39 is 0 Å². The maximum atomic E-state index is 12.2. The van der Waals surface area contributed by atoms with Gasteiger partial charge in [-0.1, -0.05) is 40.2 Å². The van der Waals surface area contributed by atoms with Crippen LogP contribution >= 0.6 is 15.9 Å². The van der Waals surface area contributed by atoms with Gasteiger partial charge >= 0.3 is 0 Å². The normalized spacial score (nSPS) is 10.4. The molecular formula is C17H19BrN2O. The van der Waals surface area contributed by atoms with Crippen molar-refractivity contribution in [2.75, 3.05) is 12.8 Å². The summed E-state index contributed by atoms with van der Waals surface area (Å²) in [4.78, 5) is 13.9. The third-order valence-corrected chi connectivity index (χ3v) is 3.81. The van der Waals surface area contributed by atoms with Gasteiger partial charge in [-0.15, -0.1) is 0 Å². The lowest BCUT2D eigenvalue weighted by Gasteiger charge is -2.17. The Labute approximate surface area is 133 Å². The number of nitrogens with two attached hydrogens (primary N) is 1. The summed E-state index contributed by atoms with van der Waals surface area (Å²) in [5.41, 5.74) is 8.69. The lowest BCUT2D eigenvalue weighted by molar-refractivity contribution is -0.130. The molecule has 21 heavy (non-hydrogen) atoms. The molecule has 0 aromatic heterocycles. The van der Waals surface area contributed by atoms with Crippen LogP contribution in [0, 0.1) is 0 Å². The van der Waals surface area contributed by atoms with Crippen LogP contribution in [-0.2, 0) is 17.8 Å². The van der Waals surface area contributed by atoms with Crippen molar-refractivity contribution in [3.05, 3.63) is 64.1 Å². The van der Waals surface area contributed by atoms with Crippen LogP contribution in [0.3, 0.4) is 0 Å². The Bertz CT molecular complexity index is 628. The van der Waals surface area contributed by atoms with Crippen molar-refractivity contribution in [1.82, 2.24) is 4.90 Å². The number of carbonyl (C=O) groups is 1. The van der Waals surface area contributed by atoms with E-state index in [-0.39, 0.29) is 5.91 Å². The van der Waals surface area contributed by atoms with Crippen LogP contribution in [0.4, 0.5) is 5.69 Å². The fourth-order valence-electron chi connectivity index (χ4n) is 2.19. The van der Waals surface area contributed by atoms with Gasteiger partial charge in [-0.05, 0) is 41.8 Å². The first kappa shape index (κ1) is 15.6. The summed E-state index contributed by atoms with van der Waals surface area (Å²) in [5.74, 6) is 0.136. The van der Waals surface area contributed by atoms with E-state index in [1.165, 1.54) is 0 Å². The average molecular weight is 347 g/mol. The second kappa shape index (κ2) is 7.27. The quantitative estimate of drug-likeness (QED) is 0.840. The van der Waals surface area contributed by atoms with E-state index in [2.05, 4.69) is 15.9 Å². The second-order valence-electron chi connectivity index (χ2n) is 5.12. The summed E-state index contributed by atoms with van der Waals surface area (Å²) in [7, 11) is 1.84. The maximum absolute atomic E-state index is 12.2. The summed E-state index contributed by atoms with van der Waals surface area (Å²) >= 11 is 3.44. The fourth-order valence-corrected chi connectivity index (χ4v) is 2.63. The summed E-state index contributed by atoms with van der Waals surface area (Å²) in [6.07, 6.45) is 1.21. The number of nitrogen functional groups attached to an aromatic ring is 1. The molecule has 0 fully saturated rings. The largest absolute Gasteiger partial charge is 0.399 e. The molecule has 2 rings (SSSR count). The molecule has 0 spiro atoms. The Morgan fingerprint density at radius 3 is 2.57 bits per heavy atom. The third kappa shape index (κ3) is 4.90. The van der Waals surface area contributed by atoms with Crippen LogP contribution in [0.15, 0.2) is 53.0 Å². The summed E-state index contributed by atoms with van der Waals surface area (Å²) in [6, 6.07) is 15.7. The minimum atomic E-state index is 0.136. The Hall–Kier alpha value is -1.81. The zero-order valence-electron chi connectivity index (χ0n) is 12.1. The Morgan fingerprint density at radius 2 is 1.86 bits per heavy atom. The lowest BCUT2D eigenvalue weighted by atomic mass is 10.1. The van der Waals surface area contributed by atoms with Crippen LogP contribution in [0.5, 0.6) is 0 Å². The van der Waals surface area contributed by atoms with E-state index in [9.17, 15) is 4.79 Å². The highest BCUT2D eigenvalue weighted by Crippen LogP contribution is 2.14. The highest BCUT2D eigenvalue weighted by atomic mass is 79.9. The van der Waals surface area contributed by atoms with Gasteiger partial charge < -0.3 is 10.6 Å². The molecular weight excluding hydrogens is 328 g/mol. The molecule has 1 amide bonds. The van der Waals surface area contributed by atoms with Crippen molar-refractivity contribution in [1.29, 1.82) is 0 Å². The highest BCUT2D eigenvalue weighted by Gasteiger charge is 2.09. The van der Waals surface area contributed by atoms with Crippen LogP contribution in [0.1, 0.15) is 17.5 Å². The molecule has 2 N–H and O–H groups in total. The average Bonchev–Trinajstić information content (AvgIpc) is 2.45. The minimum absolute atomic E-state index is 0.136. The van der Waals surface area contributed by atoms with Crippen molar-refractivity contribution in [3.8, 4) is 0 Å². The van der Waals surface area contributed by atoms with Crippen molar-refractivity contribution in [3.63, 3.8) is 0 Å². The number of nitrogens with zero attached hydrogens (tertiary/aromatic N) is 1. The van der Waals surface area contributed by atoms with Crippen molar-refractivity contribution in [2.45, 2.75) is 19.4 Å². The molecule has 3 nitrogen and oxygen atoms in total. The SMILES string of the molecule is CN(Cc1cccc(Br)c1)C(=O)CCc1cccc(N)c1. The predicted molar refractivity (Wildman–Crippen MR) is 89.8 cm³/mol. The molecule has 0 heterocycles. The molecule has 110 valence electrons. The molecule has 2 aromatic rings. The number of hydrogen-bond acceptors (Lipinski definition) is 2. The Balaban J connectivity index is 1.88. The van der Waals surface area contributed by atoms with Gasteiger partial charge in [-0.25, -0.2) is 0 Å². The van der Waals surface area contributed by atoms with Gasteiger partial charge in [0.1, 0.15) is 0 Å². The maximum Gasteiger partial charge on any atom is 0.222 e. The monoisotopic (exact) mass is 346 g/mol. The molecule has 0 saturated heterocycles. The molecule has 0 bridgehead atoms. The summed E-state index contributed by atoms with van der Waals surface area (Å²) < 4.78 is 1.03. The summed E-state index contributed by atoms with van der Waals surface area (Å²) in [6.45, 7) is 0.620. The molecule has 0 aliphatic rings. The number of benzene rings is 2. The zero-order chi connectivity index (χ0) is 15.2. The van der Waals surface area contributed by atoms with Crippen molar-refractivity contribution in [2.24, 2.45) is 0 Å². The summed E-state index contributed by atoms with van der Waals surface area (Å²) in [5, 5.41) is 0. The topological polar surface area (TPSA) is 46.3 Å². The smallest absolute Gasteiger partial charge is 0.222 e. The highest BCUT2D eigenvalue weighted by molar-refractivity contribution is 9.10. The zero-order valence-corrected chi connectivity index (χ0v) is 13.6. The van der Waals surface area contributed by atoms with Gasteiger partial charge in [-0.3, -0.25) is 4.79 Å². The Morgan fingerprint density at radius 1 is 1.14 bits per heavy atom. The second-order valence-corrected chi connectivity index (χ2v) is 6.04. The van der Waals surface area contributed by atoms with E-state index in [0.717, 1.165) is 21.3 Å². The van der Waals surface area contributed by atoms with E-state index in [0.29, 0.717) is 19.4 Å². The molecule has 0 saturated carbocycles. The van der Waals surface area contributed by atoms with E-state index in [1.54, 1.807) is 4.90 Å².